The number of nitro groups is 1. The first kappa shape index (κ1) is 7.93. The summed E-state index contributed by atoms with van der Waals surface area (Å²) in [5.74, 6) is 0. The quantitative estimate of drug-likeness (QED) is 0.307. The van der Waals surface area contributed by atoms with E-state index in [-0.39, 0.29) is 0 Å². The molecule has 8 N–H and O–H groups in total. The van der Waals surface area contributed by atoms with Crippen molar-refractivity contribution in [1.29, 1.82) is 0 Å². The van der Waals surface area contributed by atoms with Crippen LogP contribution in [0.5, 0.6) is 0 Å². The van der Waals surface area contributed by atoms with E-state index in [0.717, 1.165) is 0 Å². The Morgan fingerprint density at radius 1 is 1.25 bits per heavy atom. The predicted octanol–water partition coefficient (Wildman–Crippen LogP) is -2.64. The minimum atomic E-state index is -5.01. The van der Waals surface area contributed by atoms with Gasteiger partial charge in [-0.2, -0.15) is 0 Å². The Bertz CT molecular complexity index is 111. The van der Waals surface area contributed by atoms with Gasteiger partial charge >= 0.3 is 46.8 Å². The molecule has 0 aromatic rings. The summed E-state index contributed by atoms with van der Waals surface area (Å²) in [6.45, 7) is 0. The molecule has 0 amide bonds. The first-order valence-electron chi connectivity index (χ1n) is 1.24. The summed E-state index contributed by atoms with van der Waals surface area (Å²) < 4.78 is 18.0. The van der Waals surface area contributed by atoms with E-state index in [1.54, 1.807) is 0 Å². The third kappa shape index (κ3) is 2.29. The van der Waals surface area contributed by atoms with Crippen LogP contribution >= 0.6 is 0 Å². The zero-order valence-electron chi connectivity index (χ0n) is 3.89. The number of hydrogen-bond donors (Lipinski definition) is 4. The van der Waals surface area contributed by atoms with E-state index >= 15 is 0 Å². The zero-order chi connectivity index (χ0) is 7.02. The normalized spacial score (nSPS) is 16.8. The summed E-state index contributed by atoms with van der Waals surface area (Å²) in [4.78, 5) is 9.73. The molecule has 0 aliphatic rings. The van der Waals surface area contributed by atoms with Crippen molar-refractivity contribution >= 4 is 0 Å². The molecule has 0 heterocycles. The van der Waals surface area contributed by atoms with Crippen LogP contribution in [0.2, 0.25) is 0 Å². The summed E-state index contributed by atoms with van der Waals surface area (Å²) in [5.41, 5.74) is 0. The summed E-state index contributed by atoms with van der Waals surface area (Å²) >= 11 is -5.01. The van der Waals surface area contributed by atoms with Crippen molar-refractivity contribution in [3.63, 3.8) is 0 Å². The molecule has 55 valence electrons. The molecule has 0 bridgehead atoms. The van der Waals surface area contributed by atoms with Gasteiger partial charge in [0.15, 0.2) is 0 Å². The van der Waals surface area contributed by atoms with E-state index in [4.69, 9.17) is 17.2 Å². The number of rotatable bonds is 1. The Balaban J connectivity index is 4.38. The van der Waals surface area contributed by atoms with Crippen LogP contribution in [0.4, 0.5) is 0 Å². The van der Waals surface area contributed by atoms with E-state index < -0.39 is 19.5 Å². The molecule has 0 rings (SSSR count). The fourth-order valence-electron chi connectivity index (χ4n) is 0. The van der Waals surface area contributed by atoms with Crippen LogP contribution in [0, 0.1) is 10.1 Å². The van der Waals surface area contributed by atoms with Gasteiger partial charge in [-0.3, -0.25) is 0 Å². The van der Waals surface area contributed by atoms with Crippen molar-refractivity contribution in [2.75, 3.05) is 0 Å². The summed E-state index contributed by atoms with van der Waals surface area (Å²) in [7, 11) is 0. The van der Waals surface area contributed by atoms with Gasteiger partial charge in [0.1, 0.15) is 0 Å². The molecule has 0 aliphatic carbocycles. The first-order chi connectivity index (χ1) is 3.20. The molecule has 8 heavy (non-hydrogen) atoms. The van der Waals surface area contributed by atoms with E-state index in [2.05, 4.69) is 0 Å². The van der Waals surface area contributed by atoms with Gasteiger partial charge in [-0.1, -0.05) is 0 Å². The van der Waals surface area contributed by atoms with Gasteiger partial charge in [0.05, 0.1) is 0 Å². The average molecular weight is 305 g/mol. The van der Waals surface area contributed by atoms with Crippen LogP contribution < -0.4 is 17.2 Å². The van der Waals surface area contributed by atoms with Gasteiger partial charge in [0.25, 0.3) is 0 Å². The molecule has 0 saturated carbocycles. The predicted molar refractivity (Wildman–Crippen MR) is 23.7 cm³/mol. The molecule has 0 fully saturated rings. The molecule has 0 spiro atoms. The summed E-state index contributed by atoms with van der Waals surface area (Å²) in [6.07, 6.45) is 0. The van der Waals surface area contributed by atoms with E-state index in [9.17, 15) is 10.1 Å². The monoisotopic (exact) mass is 305 g/mol. The van der Waals surface area contributed by atoms with Crippen molar-refractivity contribution in [2.24, 2.45) is 17.2 Å². The van der Waals surface area contributed by atoms with Crippen LogP contribution in [0.15, 0.2) is 0 Å². The second-order valence-electron chi connectivity index (χ2n) is 1.15. The Kier molecular flexibility index (Phi) is 1.44. The van der Waals surface area contributed by atoms with Crippen molar-refractivity contribution in [3.8, 4) is 0 Å². The Labute approximate surface area is 47.5 Å². The zero-order valence-corrected chi connectivity index (χ0v) is 6.16. The Hall–Kier alpha value is -0.0717. The molecule has 0 saturated heterocycles. The molecular formula is H8N5O2Pt. The molecule has 0 unspecified atom stereocenters. The van der Waals surface area contributed by atoms with E-state index in [0.29, 0.717) is 0 Å². The minimum absolute atomic E-state index is 0.994. The topological polar surface area (TPSA) is 147 Å². The van der Waals surface area contributed by atoms with Gasteiger partial charge in [-0.05, 0) is 0 Å². The van der Waals surface area contributed by atoms with Crippen LogP contribution in [-0.2, 0) is 16.1 Å². The van der Waals surface area contributed by atoms with Crippen molar-refractivity contribution in [3.05, 3.63) is 10.1 Å². The fourth-order valence-corrected chi connectivity index (χ4v) is 0. The van der Waals surface area contributed by atoms with Gasteiger partial charge in [0.2, 0.25) is 0 Å². The van der Waals surface area contributed by atoms with Crippen LogP contribution in [-0.4, -0.2) is 3.48 Å². The fraction of sp³-hybridized carbons (Fsp3) is 0. The summed E-state index contributed by atoms with van der Waals surface area (Å²) in [6, 6.07) is 0. The van der Waals surface area contributed by atoms with Crippen LogP contribution in [0.3, 0.4) is 0 Å². The van der Waals surface area contributed by atoms with Gasteiger partial charge in [-0.25, -0.2) is 0 Å². The first-order valence-corrected chi connectivity index (χ1v) is 7.50. The van der Waals surface area contributed by atoms with Gasteiger partial charge < -0.3 is 0 Å². The maximum absolute atomic E-state index is 9.73. The third-order valence-electron chi connectivity index (χ3n) is 0.267. The average Bonchev–Trinajstić information content (AvgIpc) is 1.27. The number of nitrogens with two attached hydrogens (primary N) is 4. The van der Waals surface area contributed by atoms with E-state index in [1.165, 1.54) is 0 Å². The second-order valence-corrected chi connectivity index (χ2v) is 8.87. The molecule has 0 aromatic carbocycles. The molecule has 0 aromatic heterocycles. The second kappa shape index (κ2) is 1.46. The van der Waals surface area contributed by atoms with E-state index in [1.807, 2.05) is 0 Å². The molecule has 0 atom stereocenters. The maximum atomic E-state index is 9.73. The Morgan fingerprint density at radius 3 is 1.38 bits per heavy atom. The SMILES string of the molecule is [NH2][Pt]([NH2])([NH2])([NH2])[N+](=O)[O-]. The standard InChI is InChI=1S/NO2.4H2N.Pt/c2-1-3;;;;;/h;4*1H2;/q;4*-1;+4. The van der Waals surface area contributed by atoms with Gasteiger partial charge in [0, 0.05) is 0 Å². The van der Waals surface area contributed by atoms with Crippen LogP contribution in [0.25, 0.3) is 0 Å². The van der Waals surface area contributed by atoms with Crippen LogP contribution in [0.1, 0.15) is 0 Å². The Morgan fingerprint density at radius 2 is 1.38 bits per heavy atom. The number of nitrogens with zero attached hydrogens (tertiary/aromatic N) is 1. The molecular weight excluding hydrogens is 297 g/mol. The molecule has 7 nitrogen and oxygen atoms in total. The van der Waals surface area contributed by atoms with Crippen molar-refractivity contribution < 1.29 is 19.5 Å². The molecule has 0 aliphatic heterocycles. The molecule has 0 radical (unpaired) electrons. The van der Waals surface area contributed by atoms with Crippen molar-refractivity contribution in [2.45, 2.75) is 0 Å². The third-order valence-corrected chi connectivity index (χ3v) is 2.18. The number of hydrogen-bond acceptors (Lipinski definition) is 6. The van der Waals surface area contributed by atoms with Crippen molar-refractivity contribution in [1.82, 2.24) is 0 Å². The van der Waals surface area contributed by atoms with Gasteiger partial charge in [-0.15, -0.1) is 0 Å². The summed E-state index contributed by atoms with van der Waals surface area (Å²) in [5, 5.41) is 9.73. The molecule has 8 heteroatoms.